The predicted octanol–water partition coefficient (Wildman–Crippen LogP) is 3.46. The van der Waals surface area contributed by atoms with Gasteiger partial charge in [0.2, 0.25) is 12.3 Å². The fourth-order valence-corrected chi connectivity index (χ4v) is 3.31. The average Bonchev–Trinajstić information content (AvgIpc) is 3.22. The van der Waals surface area contributed by atoms with Crippen LogP contribution in [-0.4, -0.2) is 65.4 Å². The number of ether oxygens (including phenoxy) is 2. The molecule has 2 aromatic rings. The van der Waals surface area contributed by atoms with Gasteiger partial charge < -0.3 is 25.0 Å². The lowest BCUT2D eigenvalue weighted by Gasteiger charge is -2.33. The molecule has 2 heterocycles. The van der Waals surface area contributed by atoms with Crippen molar-refractivity contribution in [3.8, 4) is 0 Å². The van der Waals surface area contributed by atoms with Crippen molar-refractivity contribution in [2.24, 2.45) is 0 Å². The molecule has 0 spiro atoms. The van der Waals surface area contributed by atoms with Crippen LogP contribution in [0.25, 0.3) is 10.9 Å². The lowest BCUT2D eigenvalue weighted by atomic mass is 10.1. The van der Waals surface area contributed by atoms with Gasteiger partial charge >= 0.3 is 6.09 Å². The van der Waals surface area contributed by atoms with E-state index in [0.29, 0.717) is 26.1 Å². The number of aromatic nitrogens is 2. The number of hydrogen-bond donors (Lipinski definition) is 2. The van der Waals surface area contributed by atoms with Crippen molar-refractivity contribution in [1.82, 2.24) is 20.0 Å². The van der Waals surface area contributed by atoms with Gasteiger partial charge in [0, 0.05) is 43.5 Å². The maximum atomic E-state index is 12.1. The van der Waals surface area contributed by atoms with E-state index in [1.54, 1.807) is 11.9 Å². The molecule has 34 heavy (non-hydrogen) atoms. The number of piperidine rings is 1. The first kappa shape index (κ1) is 26.7. The Kier molecular flexibility index (Phi) is 9.91. The first-order valence-corrected chi connectivity index (χ1v) is 11.3. The third kappa shape index (κ3) is 8.42. The van der Waals surface area contributed by atoms with Gasteiger partial charge in [0.15, 0.2) is 0 Å². The summed E-state index contributed by atoms with van der Waals surface area (Å²) in [7, 11) is 1.57. The van der Waals surface area contributed by atoms with Crippen molar-refractivity contribution < 1.29 is 23.9 Å². The normalized spacial score (nSPS) is 14.3. The van der Waals surface area contributed by atoms with Crippen LogP contribution >= 0.6 is 0 Å². The molecule has 0 bridgehead atoms. The van der Waals surface area contributed by atoms with E-state index in [2.05, 4.69) is 15.7 Å². The number of nitrogens with zero attached hydrogens (tertiary/aromatic N) is 3. The minimum atomic E-state index is -0.471. The van der Waals surface area contributed by atoms with Gasteiger partial charge in [-0.2, -0.15) is 5.10 Å². The van der Waals surface area contributed by atoms with Crippen LogP contribution in [0.5, 0.6) is 0 Å². The zero-order valence-electron chi connectivity index (χ0n) is 20.5. The Labute approximate surface area is 200 Å². The lowest BCUT2D eigenvalue weighted by molar-refractivity contribution is -0.116. The molecule has 10 heteroatoms. The molecule has 1 aliphatic heterocycles. The van der Waals surface area contributed by atoms with E-state index in [0.717, 1.165) is 29.4 Å². The molecule has 0 saturated carbocycles. The van der Waals surface area contributed by atoms with Crippen molar-refractivity contribution >= 4 is 35.0 Å². The Morgan fingerprint density at radius 3 is 2.53 bits per heavy atom. The number of amides is 3. The molecule has 2 N–H and O–H groups in total. The second-order valence-corrected chi connectivity index (χ2v) is 8.72. The molecular weight excluding hydrogens is 438 g/mol. The first-order chi connectivity index (χ1) is 16.2. The summed E-state index contributed by atoms with van der Waals surface area (Å²) in [6.07, 6.45) is 6.82. The van der Waals surface area contributed by atoms with Crippen molar-refractivity contribution in [2.75, 3.05) is 32.1 Å². The molecule has 0 atom stereocenters. The zero-order valence-corrected chi connectivity index (χ0v) is 20.5. The number of fused-ring (bicyclic) bond motifs is 1. The summed E-state index contributed by atoms with van der Waals surface area (Å²) in [5.74, 6) is -0.150. The second kappa shape index (κ2) is 12.6. The summed E-state index contributed by atoms with van der Waals surface area (Å²) < 4.78 is 12.2. The van der Waals surface area contributed by atoms with Gasteiger partial charge in [0.1, 0.15) is 5.60 Å². The molecule has 10 nitrogen and oxygen atoms in total. The van der Waals surface area contributed by atoms with E-state index in [9.17, 15) is 14.4 Å². The highest BCUT2D eigenvalue weighted by Gasteiger charge is 2.27. The number of benzene rings is 1. The Balaban J connectivity index is 0.000000387. The van der Waals surface area contributed by atoms with Crippen molar-refractivity contribution in [1.29, 1.82) is 0 Å². The van der Waals surface area contributed by atoms with Crippen LogP contribution < -0.4 is 10.6 Å². The van der Waals surface area contributed by atoms with Crippen molar-refractivity contribution in [3.63, 3.8) is 0 Å². The number of rotatable bonds is 6. The molecule has 3 rings (SSSR count). The number of carbonyl (C=O) groups is 3. The van der Waals surface area contributed by atoms with Crippen LogP contribution in [-0.2, 0) is 19.1 Å². The molecule has 1 aromatic heterocycles. The molecule has 1 aliphatic rings. The monoisotopic (exact) mass is 473 g/mol. The standard InChI is InChI=1S/C18H24N4O3.C6H11NO2/c1-18(2,3)25-17(24)21-8-6-15(7-9-21)22-11-13-4-5-14(19-12-23)10-16(13)20-22;1-3-9-5-4-6(8)7-2/h4-5,10-12,15H,6-9H2,1-3H3,(H,19,23);4-5H,3H2,1-2H3,(H,7,8)/b;5-4+. The average molecular weight is 474 g/mol. The van der Waals surface area contributed by atoms with E-state index in [1.165, 1.54) is 12.3 Å². The van der Waals surface area contributed by atoms with Crippen LogP contribution in [0.4, 0.5) is 10.5 Å². The summed E-state index contributed by atoms with van der Waals surface area (Å²) in [5.41, 5.74) is 1.11. The molecule has 0 aliphatic carbocycles. The van der Waals surface area contributed by atoms with Crippen LogP contribution in [0, 0.1) is 0 Å². The molecule has 186 valence electrons. The Morgan fingerprint density at radius 2 is 1.94 bits per heavy atom. The maximum Gasteiger partial charge on any atom is 0.410 e. The van der Waals surface area contributed by atoms with Crippen molar-refractivity contribution in [3.05, 3.63) is 36.7 Å². The largest absolute Gasteiger partial charge is 0.501 e. The summed E-state index contributed by atoms with van der Waals surface area (Å²) >= 11 is 0. The van der Waals surface area contributed by atoms with Crippen LogP contribution in [0.1, 0.15) is 46.6 Å². The highest BCUT2D eigenvalue weighted by Crippen LogP contribution is 2.26. The first-order valence-electron chi connectivity index (χ1n) is 11.3. The molecule has 1 saturated heterocycles. The predicted molar refractivity (Wildman–Crippen MR) is 130 cm³/mol. The minimum absolute atomic E-state index is 0.150. The summed E-state index contributed by atoms with van der Waals surface area (Å²) in [5, 5.41) is 10.7. The minimum Gasteiger partial charge on any atom is -0.501 e. The van der Waals surface area contributed by atoms with Crippen molar-refractivity contribution in [2.45, 2.75) is 52.2 Å². The quantitative estimate of drug-likeness (QED) is 0.377. The number of nitrogens with one attached hydrogen (secondary N) is 2. The van der Waals surface area contributed by atoms with E-state index >= 15 is 0 Å². The van der Waals surface area contributed by atoms with Gasteiger partial charge in [-0.15, -0.1) is 0 Å². The molecule has 1 aromatic carbocycles. The van der Waals surface area contributed by atoms with E-state index in [4.69, 9.17) is 9.47 Å². The second-order valence-electron chi connectivity index (χ2n) is 8.72. The maximum absolute atomic E-state index is 12.1. The fraction of sp³-hybridized carbons (Fsp3) is 0.500. The Bertz CT molecular complexity index is 987. The van der Waals surface area contributed by atoms with E-state index < -0.39 is 5.60 Å². The fourth-order valence-electron chi connectivity index (χ4n) is 3.31. The molecule has 1 fully saturated rings. The van der Waals surface area contributed by atoms with Gasteiger partial charge in [-0.1, -0.05) is 0 Å². The summed E-state index contributed by atoms with van der Waals surface area (Å²) in [6, 6.07) is 5.92. The molecule has 3 amide bonds. The smallest absolute Gasteiger partial charge is 0.410 e. The zero-order chi connectivity index (χ0) is 25.1. The van der Waals surface area contributed by atoms with Gasteiger partial charge in [0.05, 0.1) is 24.4 Å². The topological polar surface area (TPSA) is 115 Å². The molecular formula is C24H35N5O5. The van der Waals surface area contributed by atoms with Gasteiger partial charge in [-0.25, -0.2) is 4.79 Å². The number of hydrogen-bond acceptors (Lipinski definition) is 6. The molecule has 0 radical (unpaired) electrons. The number of likely N-dealkylation sites (tertiary alicyclic amines) is 1. The third-order valence-corrected chi connectivity index (χ3v) is 4.97. The van der Waals surface area contributed by atoms with E-state index in [1.807, 2.05) is 56.8 Å². The van der Waals surface area contributed by atoms with E-state index in [-0.39, 0.29) is 18.0 Å². The highest BCUT2D eigenvalue weighted by atomic mass is 16.6. The SMILES string of the molecule is CC(C)(C)OC(=O)N1CCC(n2cc3ccc(NC=O)cc3n2)CC1.CCO/C=C/C(=O)NC. The number of carbonyl (C=O) groups excluding carboxylic acids is 3. The number of anilines is 1. The van der Waals surface area contributed by atoms with Gasteiger partial charge in [-0.3, -0.25) is 14.3 Å². The third-order valence-electron chi connectivity index (χ3n) is 4.97. The van der Waals surface area contributed by atoms with Crippen LogP contribution in [0.2, 0.25) is 0 Å². The summed E-state index contributed by atoms with van der Waals surface area (Å²) in [4.78, 5) is 34.9. The van der Waals surface area contributed by atoms with Gasteiger partial charge in [0.25, 0.3) is 0 Å². The number of likely N-dealkylation sites (N-methyl/N-ethyl adjacent to an activating group) is 1. The highest BCUT2D eigenvalue weighted by molar-refractivity contribution is 5.87. The van der Waals surface area contributed by atoms with Crippen LogP contribution in [0.15, 0.2) is 36.7 Å². The van der Waals surface area contributed by atoms with Crippen LogP contribution in [0.3, 0.4) is 0 Å². The Hall–Kier alpha value is -3.56. The Morgan fingerprint density at radius 1 is 1.24 bits per heavy atom. The lowest BCUT2D eigenvalue weighted by Crippen LogP contribution is -2.42. The van der Waals surface area contributed by atoms with Gasteiger partial charge in [-0.05, 0) is 58.7 Å². The summed E-state index contributed by atoms with van der Waals surface area (Å²) in [6.45, 7) is 9.39. The molecule has 0 unspecified atom stereocenters.